The highest BCUT2D eigenvalue weighted by Crippen LogP contribution is 2.20. The molecule has 12 heavy (non-hydrogen) atoms. The molecule has 0 bridgehead atoms. The largest absolute Gasteiger partial charge is 0.390 e. The predicted octanol–water partition coefficient (Wildman–Crippen LogP) is 2.03. The first-order chi connectivity index (χ1) is 5.58. The number of rotatable bonds is 3. The fourth-order valence-corrected chi connectivity index (χ4v) is 2.30. The molecule has 1 saturated heterocycles. The van der Waals surface area contributed by atoms with Crippen molar-refractivity contribution in [1.82, 2.24) is 5.32 Å². The molecule has 1 aliphatic rings. The summed E-state index contributed by atoms with van der Waals surface area (Å²) in [6, 6.07) is 0.303. The molecule has 0 aromatic rings. The van der Waals surface area contributed by atoms with Crippen LogP contribution in [0.15, 0.2) is 0 Å². The van der Waals surface area contributed by atoms with Gasteiger partial charge in [0.25, 0.3) is 0 Å². The van der Waals surface area contributed by atoms with Crippen molar-refractivity contribution in [3.8, 4) is 0 Å². The lowest BCUT2D eigenvalue weighted by Crippen LogP contribution is -2.31. The first kappa shape index (κ1) is 10.2. The first-order valence-electron chi connectivity index (χ1n) is 3.96. The van der Waals surface area contributed by atoms with E-state index in [1.54, 1.807) is 11.8 Å². The van der Waals surface area contributed by atoms with Gasteiger partial charge in [-0.15, -0.1) is 0 Å². The van der Waals surface area contributed by atoms with Crippen LogP contribution in [-0.2, 0) is 0 Å². The van der Waals surface area contributed by atoms with E-state index in [0.717, 1.165) is 17.9 Å². The Bertz CT molecular complexity index is 131. The Morgan fingerprint density at radius 3 is 2.67 bits per heavy atom. The van der Waals surface area contributed by atoms with Crippen LogP contribution in [0.2, 0.25) is 0 Å². The molecule has 1 unspecified atom stereocenters. The summed E-state index contributed by atoms with van der Waals surface area (Å²) in [5.74, 6) is 2.03. The van der Waals surface area contributed by atoms with Gasteiger partial charge in [-0.05, 0) is 12.2 Å². The molecule has 72 valence electrons. The number of halogens is 3. The highest BCUT2D eigenvalue weighted by molar-refractivity contribution is 7.99. The summed E-state index contributed by atoms with van der Waals surface area (Å²) in [5.41, 5.74) is 0. The summed E-state index contributed by atoms with van der Waals surface area (Å²) in [5, 5.41) is 2.90. The minimum Gasteiger partial charge on any atom is -0.313 e. The van der Waals surface area contributed by atoms with Gasteiger partial charge in [0.1, 0.15) is 0 Å². The highest BCUT2D eigenvalue weighted by Gasteiger charge is 2.27. The van der Waals surface area contributed by atoms with Crippen molar-refractivity contribution in [2.75, 3.05) is 18.1 Å². The molecule has 1 atom stereocenters. The Labute approximate surface area is 74.1 Å². The molecule has 0 radical (unpaired) electrons. The van der Waals surface area contributed by atoms with Gasteiger partial charge >= 0.3 is 6.18 Å². The van der Waals surface area contributed by atoms with Gasteiger partial charge in [0.05, 0.1) is 6.42 Å². The van der Waals surface area contributed by atoms with Crippen LogP contribution in [0.1, 0.15) is 12.8 Å². The van der Waals surface area contributed by atoms with Crippen LogP contribution in [0.4, 0.5) is 13.2 Å². The molecule has 1 fully saturated rings. The molecule has 0 aliphatic carbocycles. The van der Waals surface area contributed by atoms with Crippen LogP contribution in [0, 0.1) is 0 Å². The summed E-state index contributed by atoms with van der Waals surface area (Å²) in [4.78, 5) is 0. The fraction of sp³-hybridized carbons (Fsp3) is 1.00. The molecule has 1 N–H and O–H groups in total. The third-order valence-corrected chi connectivity index (χ3v) is 2.93. The maximum absolute atomic E-state index is 11.7. The molecular formula is C7H12F3NS. The zero-order chi connectivity index (χ0) is 9.03. The van der Waals surface area contributed by atoms with Gasteiger partial charge in [-0.25, -0.2) is 0 Å². The van der Waals surface area contributed by atoms with E-state index >= 15 is 0 Å². The topological polar surface area (TPSA) is 12.0 Å². The second-order valence-electron chi connectivity index (χ2n) is 2.88. The lowest BCUT2D eigenvalue weighted by molar-refractivity contribution is -0.133. The Morgan fingerprint density at radius 2 is 2.17 bits per heavy atom. The predicted molar refractivity (Wildman–Crippen MR) is 44.4 cm³/mol. The summed E-state index contributed by atoms with van der Waals surface area (Å²) >= 11 is 1.80. The van der Waals surface area contributed by atoms with Gasteiger partial charge in [-0.3, -0.25) is 0 Å². The molecule has 1 rings (SSSR count). The molecule has 0 aromatic heterocycles. The molecule has 0 amide bonds. The van der Waals surface area contributed by atoms with Crippen molar-refractivity contribution in [3.05, 3.63) is 0 Å². The van der Waals surface area contributed by atoms with Crippen molar-refractivity contribution < 1.29 is 13.2 Å². The van der Waals surface area contributed by atoms with Crippen LogP contribution in [0.5, 0.6) is 0 Å². The SMILES string of the molecule is FC(F)(F)CCNC1CCSC1. The van der Waals surface area contributed by atoms with Crippen molar-refractivity contribution in [1.29, 1.82) is 0 Å². The molecule has 1 aliphatic heterocycles. The fourth-order valence-electron chi connectivity index (χ4n) is 1.11. The zero-order valence-electron chi connectivity index (χ0n) is 6.66. The molecule has 1 nitrogen and oxygen atoms in total. The third-order valence-electron chi connectivity index (χ3n) is 1.77. The van der Waals surface area contributed by atoms with E-state index < -0.39 is 12.6 Å². The van der Waals surface area contributed by atoms with E-state index in [0.29, 0.717) is 6.04 Å². The quantitative estimate of drug-likeness (QED) is 0.746. The van der Waals surface area contributed by atoms with Crippen molar-refractivity contribution in [2.24, 2.45) is 0 Å². The average molecular weight is 199 g/mol. The summed E-state index contributed by atoms with van der Waals surface area (Å²) in [6.45, 7) is 0.0642. The first-order valence-corrected chi connectivity index (χ1v) is 5.11. The van der Waals surface area contributed by atoms with Crippen LogP contribution >= 0.6 is 11.8 Å². The lowest BCUT2D eigenvalue weighted by atomic mass is 10.2. The summed E-state index contributed by atoms with van der Waals surface area (Å²) < 4.78 is 35.1. The minimum absolute atomic E-state index is 0.0642. The second-order valence-corrected chi connectivity index (χ2v) is 4.03. The highest BCUT2D eigenvalue weighted by atomic mass is 32.2. The second kappa shape index (κ2) is 4.37. The van der Waals surface area contributed by atoms with E-state index in [4.69, 9.17) is 0 Å². The number of alkyl halides is 3. The number of hydrogen-bond donors (Lipinski definition) is 1. The van der Waals surface area contributed by atoms with Gasteiger partial charge in [0, 0.05) is 18.3 Å². The zero-order valence-corrected chi connectivity index (χ0v) is 7.47. The summed E-state index contributed by atoms with van der Waals surface area (Å²) in [7, 11) is 0. The standard InChI is InChI=1S/C7H12F3NS/c8-7(9,10)2-3-11-6-1-4-12-5-6/h6,11H,1-5H2. The summed E-state index contributed by atoms with van der Waals surface area (Å²) in [6.07, 6.45) is -3.73. The van der Waals surface area contributed by atoms with Gasteiger partial charge in [-0.2, -0.15) is 24.9 Å². The maximum atomic E-state index is 11.7. The number of thioether (sulfide) groups is 1. The smallest absolute Gasteiger partial charge is 0.313 e. The van der Waals surface area contributed by atoms with Crippen LogP contribution in [-0.4, -0.2) is 30.3 Å². The average Bonchev–Trinajstić information content (AvgIpc) is 2.36. The molecule has 1 heterocycles. The molecule has 0 spiro atoms. The van der Waals surface area contributed by atoms with Crippen molar-refractivity contribution in [3.63, 3.8) is 0 Å². The Balaban J connectivity index is 2.02. The molecular weight excluding hydrogens is 187 g/mol. The van der Waals surface area contributed by atoms with E-state index in [-0.39, 0.29) is 6.54 Å². The normalized spacial score (nSPS) is 24.8. The van der Waals surface area contributed by atoms with E-state index in [9.17, 15) is 13.2 Å². The minimum atomic E-state index is -4.02. The van der Waals surface area contributed by atoms with Gasteiger partial charge in [0.2, 0.25) is 0 Å². The van der Waals surface area contributed by atoms with E-state index in [1.165, 1.54) is 0 Å². The van der Waals surface area contributed by atoms with Gasteiger partial charge < -0.3 is 5.32 Å². The third kappa shape index (κ3) is 4.21. The Hall–Kier alpha value is 0.100. The van der Waals surface area contributed by atoms with Crippen LogP contribution in [0.25, 0.3) is 0 Å². The Morgan fingerprint density at radius 1 is 1.42 bits per heavy atom. The lowest BCUT2D eigenvalue weighted by Gasteiger charge is -2.11. The molecule has 0 saturated carbocycles. The maximum Gasteiger partial charge on any atom is 0.390 e. The monoisotopic (exact) mass is 199 g/mol. The van der Waals surface area contributed by atoms with E-state index in [1.807, 2.05) is 0 Å². The van der Waals surface area contributed by atoms with Crippen LogP contribution in [0.3, 0.4) is 0 Å². The van der Waals surface area contributed by atoms with Crippen molar-refractivity contribution in [2.45, 2.75) is 25.1 Å². The number of nitrogens with one attached hydrogen (secondary N) is 1. The van der Waals surface area contributed by atoms with Gasteiger partial charge in [-0.1, -0.05) is 0 Å². The Kier molecular flexibility index (Phi) is 3.71. The van der Waals surface area contributed by atoms with Gasteiger partial charge in [0.15, 0.2) is 0 Å². The molecule has 0 aromatic carbocycles. The number of hydrogen-bond acceptors (Lipinski definition) is 2. The molecule has 5 heteroatoms. The van der Waals surface area contributed by atoms with E-state index in [2.05, 4.69) is 5.32 Å². The van der Waals surface area contributed by atoms with Crippen LogP contribution < -0.4 is 5.32 Å². The van der Waals surface area contributed by atoms with Crippen molar-refractivity contribution >= 4 is 11.8 Å².